The van der Waals surface area contributed by atoms with Gasteiger partial charge in [-0.1, -0.05) is 103 Å². The quantitative estimate of drug-likeness (QED) is 0.149. The Balaban J connectivity index is 1.19. The van der Waals surface area contributed by atoms with Crippen molar-refractivity contribution in [3.8, 4) is 5.75 Å². The summed E-state index contributed by atoms with van der Waals surface area (Å²) in [7, 11) is -0.744. The zero-order chi connectivity index (χ0) is 38.3. The van der Waals surface area contributed by atoms with Crippen molar-refractivity contribution >= 4 is 36.6 Å². The Hall–Kier alpha value is -5.30. The number of carbonyl (C=O) groups excluding carboxylic acids is 2. The maximum absolute atomic E-state index is 15.3. The number of rotatable bonds is 12. The van der Waals surface area contributed by atoms with E-state index in [1.165, 1.54) is 5.19 Å². The summed E-state index contributed by atoms with van der Waals surface area (Å²) in [5.41, 5.74) is 3.64. The minimum absolute atomic E-state index is 0.00674. The van der Waals surface area contributed by atoms with Gasteiger partial charge in [-0.2, -0.15) is 0 Å². The highest BCUT2D eigenvalue weighted by atomic mass is 28.3. The van der Waals surface area contributed by atoms with Gasteiger partial charge in [-0.25, -0.2) is 4.79 Å². The first-order valence-electron chi connectivity index (χ1n) is 19.0. The van der Waals surface area contributed by atoms with Crippen LogP contribution < -0.4 is 19.7 Å². The summed E-state index contributed by atoms with van der Waals surface area (Å²) in [6.45, 7) is 8.46. The number of hydrogen-bond donors (Lipinski definition) is 1. The molecule has 55 heavy (non-hydrogen) atoms. The summed E-state index contributed by atoms with van der Waals surface area (Å²) < 4.78 is 20.0. The third-order valence-corrected chi connectivity index (χ3v) is 16.4. The van der Waals surface area contributed by atoms with Crippen LogP contribution in [0.25, 0.3) is 0 Å². The van der Waals surface area contributed by atoms with Crippen molar-refractivity contribution in [3.63, 3.8) is 0 Å². The van der Waals surface area contributed by atoms with E-state index in [1.807, 2.05) is 107 Å². The second-order valence-electron chi connectivity index (χ2n) is 15.3. The monoisotopic (exact) mass is 757 g/mol. The van der Waals surface area contributed by atoms with Crippen LogP contribution in [0.4, 0.5) is 16.2 Å². The van der Waals surface area contributed by atoms with E-state index in [2.05, 4.69) is 42.5 Å². The van der Waals surface area contributed by atoms with Gasteiger partial charge in [-0.3, -0.25) is 14.4 Å². The molecule has 8 rings (SSSR count). The van der Waals surface area contributed by atoms with Gasteiger partial charge in [0.25, 0.3) is 5.91 Å². The molecule has 3 aliphatic rings. The summed E-state index contributed by atoms with van der Waals surface area (Å²) in [5, 5.41) is 20.5. The summed E-state index contributed by atoms with van der Waals surface area (Å²) in [6.07, 6.45) is 1.78. The molecular formula is C43H47N5O6Si. The lowest BCUT2D eigenvalue weighted by molar-refractivity contribution is -0.146. The van der Waals surface area contributed by atoms with Gasteiger partial charge in [-0.05, 0) is 53.4 Å². The normalized spacial score (nSPS) is 22.7. The Morgan fingerprint density at radius 2 is 1.71 bits per heavy atom. The lowest BCUT2D eigenvalue weighted by atomic mass is 9.82. The number of methoxy groups -OCH3 is 1. The van der Waals surface area contributed by atoms with Crippen molar-refractivity contribution in [2.45, 2.75) is 62.7 Å². The number of hydrogen-bond acceptors (Lipinski definition) is 8. The number of cyclic esters (lactones) is 1. The van der Waals surface area contributed by atoms with E-state index in [0.717, 1.165) is 28.1 Å². The standard InChI is InChI=1S/C43H47N5O6Si/c1-29-40(55(3,4)34-18-16-33(52-2)17-19-34)39(21-22-46-27-37(44-45-46)35(28-49)31-13-9-6-10-14-31)54-43(29)36-25-32(47-23-24-53-42(47)51)15-20-38(36)48(41(43)50)26-30-11-7-5-8-12-30/h5-20,25,27,29,35,39-40,49H,21-24,26,28H2,1-4H3/t29-,35?,39+,40-,43+/m0/s1. The summed E-state index contributed by atoms with van der Waals surface area (Å²) >= 11 is 0. The Morgan fingerprint density at radius 1 is 0.982 bits per heavy atom. The van der Waals surface area contributed by atoms with E-state index in [-0.39, 0.29) is 36.0 Å². The fraction of sp³-hybridized carbons (Fsp3) is 0.349. The van der Waals surface area contributed by atoms with Crippen LogP contribution in [0.5, 0.6) is 5.75 Å². The highest BCUT2D eigenvalue weighted by molar-refractivity contribution is 6.91. The number of nitrogens with zero attached hydrogens (tertiary/aromatic N) is 5. The molecule has 11 nitrogen and oxygen atoms in total. The molecule has 2 amide bonds. The molecule has 5 aromatic rings. The van der Waals surface area contributed by atoms with E-state index in [4.69, 9.17) is 14.2 Å². The van der Waals surface area contributed by atoms with Crippen LogP contribution in [0.2, 0.25) is 18.6 Å². The summed E-state index contributed by atoms with van der Waals surface area (Å²) in [6, 6.07) is 34.0. The number of aryl methyl sites for hydroxylation is 1. The van der Waals surface area contributed by atoms with Gasteiger partial charge in [0.05, 0.1) is 58.3 Å². The zero-order valence-electron chi connectivity index (χ0n) is 31.7. The van der Waals surface area contributed by atoms with Crippen LogP contribution in [-0.2, 0) is 33.0 Å². The van der Waals surface area contributed by atoms with Gasteiger partial charge in [-0.15, -0.1) is 5.10 Å². The van der Waals surface area contributed by atoms with E-state index in [9.17, 15) is 9.90 Å². The molecule has 284 valence electrons. The number of benzene rings is 4. The molecular weight excluding hydrogens is 711 g/mol. The lowest BCUT2D eigenvalue weighted by Crippen LogP contribution is -2.51. The van der Waals surface area contributed by atoms with Crippen molar-refractivity contribution in [1.29, 1.82) is 0 Å². The number of amides is 2. The molecule has 0 bridgehead atoms. The van der Waals surface area contributed by atoms with Gasteiger partial charge in [0, 0.05) is 29.9 Å². The molecule has 3 aliphatic heterocycles. The number of fused-ring (bicyclic) bond motifs is 2. The molecule has 4 aromatic carbocycles. The third kappa shape index (κ3) is 6.41. The maximum atomic E-state index is 15.3. The molecule has 5 atom stereocenters. The number of aromatic nitrogens is 3. The Morgan fingerprint density at radius 3 is 2.38 bits per heavy atom. The number of aliphatic hydroxyl groups excluding tert-OH is 1. The average Bonchev–Trinajstić information content (AvgIpc) is 3.98. The molecule has 1 aromatic heterocycles. The number of ether oxygens (including phenoxy) is 3. The first-order chi connectivity index (χ1) is 26.6. The van der Waals surface area contributed by atoms with Crippen molar-refractivity contribution in [1.82, 2.24) is 15.0 Å². The van der Waals surface area contributed by atoms with Crippen LogP contribution in [-0.4, -0.2) is 73.1 Å². The van der Waals surface area contributed by atoms with Gasteiger partial charge in [0.15, 0.2) is 5.60 Å². The molecule has 2 saturated heterocycles. The van der Waals surface area contributed by atoms with Crippen molar-refractivity contribution in [2.75, 3.05) is 36.7 Å². The van der Waals surface area contributed by atoms with Gasteiger partial charge in [0.2, 0.25) is 0 Å². The summed E-state index contributed by atoms with van der Waals surface area (Å²) in [4.78, 5) is 31.6. The van der Waals surface area contributed by atoms with E-state index >= 15 is 4.79 Å². The van der Waals surface area contributed by atoms with Crippen LogP contribution in [0.3, 0.4) is 0 Å². The van der Waals surface area contributed by atoms with Crippen molar-refractivity contribution in [2.24, 2.45) is 5.92 Å². The molecule has 0 radical (unpaired) electrons. The zero-order valence-corrected chi connectivity index (χ0v) is 32.7. The smallest absolute Gasteiger partial charge is 0.414 e. The number of aliphatic hydroxyl groups is 1. The van der Waals surface area contributed by atoms with E-state index < -0.39 is 19.8 Å². The Labute approximate surface area is 322 Å². The second-order valence-corrected chi connectivity index (χ2v) is 20.0. The topological polar surface area (TPSA) is 119 Å². The fourth-order valence-corrected chi connectivity index (χ4v) is 13.2. The second kappa shape index (κ2) is 14.7. The predicted octanol–water partition coefficient (Wildman–Crippen LogP) is 6.22. The van der Waals surface area contributed by atoms with Crippen molar-refractivity contribution in [3.05, 3.63) is 132 Å². The van der Waals surface area contributed by atoms with Crippen molar-refractivity contribution < 1.29 is 28.9 Å². The highest BCUT2D eigenvalue weighted by Crippen LogP contribution is 2.60. The molecule has 1 unspecified atom stereocenters. The van der Waals surface area contributed by atoms with E-state index in [1.54, 1.807) is 12.0 Å². The first-order valence-corrected chi connectivity index (χ1v) is 22.1. The average molecular weight is 758 g/mol. The third-order valence-electron chi connectivity index (χ3n) is 12.0. The Kier molecular flexibility index (Phi) is 9.82. The fourth-order valence-electron chi connectivity index (χ4n) is 9.19. The molecule has 0 saturated carbocycles. The summed E-state index contributed by atoms with van der Waals surface area (Å²) in [5.74, 6) is 0.182. The largest absolute Gasteiger partial charge is 0.497 e. The van der Waals surface area contributed by atoms with Crippen LogP contribution in [0.1, 0.15) is 41.6 Å². The van der Waals surface area contributed by atoms with E-state index in [0.29, 0.717) is 44.0 Å². The Bertz CT molecular complexity index is 2160. The molecule has 0 aliphatic carbocycles. The lowest BCUT2D eigenvalue weighted by Gasteiger charge is -2.37. The highest BCUT2D eigenvalue weighted by Gasteiger charge is 2.66. The molecule has 12 heteroatoms. The van der Waals surface area contributed by atoms with Crippen LogP contribution in [0.15, 0.2) is 109 Å². The molecule has 2 fully saturated rings. The first kappa shape index (κ1) is 36.7. The van der Waals surface area contributed by atoms with Gasteiger partial charge >= 0.3 is 6.09 Å². The SMILES string of the molecule is COc1ccc([Si](C)(C)[C@@H]2[C@@H](CCn3cc(C(CO)c4ccccc4)nn3)O[C@]3(C(=O)N(Cc4ccccc4)c4ccc(N5CCOC5=O)cc43)[C@H]2C)cc1. The predicted molar refractivity (Wildman–Crippen MR) is 212 cm³/mol. The van der Waals surface area contributed by atoms with Crippen LogP contribution >= 0.6 is 0 Å². The number of anilines is 2. The molecule has 4 heterocycles. The maximum Gasteiger partial charge on any atom is 0.414 e. The molecule has 1 spiro atoms. The minimum atomic E-state index is -2.41. The van der Waals surface area contributed by atoms with Gasteiger partial charge in [0.1, 0.15) is 12.4 Å². The van der Waals surface area contributed by atoms with Gasteiger partial charge < -0.3 is 24.2 Å². The minimum Gasteiger partial charge on any atom is -0.497 e. The molecule has 1 N–H and O–H groups in total. The van der Waals surface area contributed by atoms with Crippen LogP contribution in [0, 0.1) is 5.92 Å². The number of carbonyl (C=O) groups is 2.